The second-order valence-corrected chi connectivity index (χ2v) is 5.76. The van der Waals surface area contributed by atoms with Gasteiger partial charge in [-0.15, -0.1) is 0 Å². The monoisotopic (exact) mass is 308 g/mol. The Balaban J connectivity index is 1.65. The summed E-state index contributed by atoms with van der Waals surface area (Å²) in [6, 6.07) is 17.1. The van der Waals surface area contributed by atoms with Crippen LogP contribution < -0.4 is 5.43 Å². The third-order valence-corrected chi connectivity index (χ3v) is 4.21. The fourth-order valence-corrected chi connectivity index (χ4v) is 2.81. The van der Waals surface area contributed by atoms with Crippen molar-refractivity contribution < 1.29 is 9.90 Å². The van der Waals surface area contributed by atoms with Crippen LogP contribution in [0.15, 0.2) is 59.7 Å². The van der Waals surface area contributed by atoms with Crippen LogP contribution in [-0.2, 0) is 4.79 Å². The van der Waals surface area contributed by atoms with Crippen molar-refractivity contribution >= 4 is 11.6 Å². The number of phenolic OH excluding ortho intramolecular Hbond substituents is 1. The molecule has 0 heterocycles. The van der Waals surface area contributed by atoms with Gasteiger partial charge in [0.25, 0.3) is 0 Å². The summed E-state index contributed by atoms with van der Waals surface area (Å²) in [5, 5.41) is 14.1. The average molecular weight is 308 g/mol. The van der Waals surface area contributed by atoms with Crippen molar-refractivity contribution in [2.75, 3.05) is 0 Å². The van der Waals surface area contributed by atoms with Crippen LogP contribution in [0.5, 0.6) is 5.75 Å². The number of benzene rings is 2. The van der Waals surface area contributed by atoms with Gasteiger partial charge < -0.3 is 5.11 Å². The van der Waals surface area contributed by atoms with E-state index < -0.39 is 0 Å². The molecular weight excluding hydrogens is 288 g/mol. The van der Waals surface area contributed by atoms with E-state index in [0.29, 0.717) is 23.6 Å². The quantitative estimate of drug-likeness (QED) is 0.656. The number of aromatic hydroxyl groups is 1. The molecule has 4 heteroatoms. The van der Waals surface area contributed by atoms with Crippen molar-refractivity contribution in [1.82, 2.24) is 5.43 Å². The Labute approximate surface area is 135 Å². The Bertz CT molecular complexity index is 725. The topological polar surface area (TPSA) is 61.7 Å². The first-order chi connectivity index (χ1) is 11.2. The highest BCUT2D eigenvalue weighted by molar-refractivity contribution is 6.03. The molecule has 0 aromatic heterocycles. The molecule has 0 radical (unpaired) electrons. The number of nitrogens with one attached hydrogen (secondary N) is 1. The first-order valence-corrected chi connectivity index (χ1v) is 7.90. The van der Waals surface area contributed by atoms with Crippen molar-refractivity contribution in [2.45, 2.75) is 25.7 Å². The highest BCUT2D eigenvalue weighted by atomic mass is 16.3. The Morgan fingerprint density at radius 2 is 1.87 bits per heavy atom. The molecular formula is C19H20N2O2. The molecule has 2 aromatic carbocycles. The molecule has 1 fully saturated rings. The number of hydrazone groups is 1. The number of carbonyl (C=O) groups excluding carboxylic acids is 1. The van der Waals surface area contributed by atoms with Gasteiger partial charge in [0, 0.05) is 11.5 Å². The van der Waals surface area contributed by atoms with Crippen molar-refractivity contribution in [1.29, 1.82) is 0 Å². The molecule has 0 spiro atoms. The minimum absolute atomic E-state index is 0.0105. The number of para-hydroxylation sites is 1. The maximum atomic E-state index is 12.2. The number of hydrogen-bond acceptors (Lipinski definition) is 3. The van der Waals surface area contributed by atoms with Crippen molar-refractivity contribution in [3.63, 3.8) is 0 Å². The summed E-state index contributed by atoms with van der Waals surface area (Å²) in [5.41, 5.74) is 5.19. The molecule has 0 saturated heterocycles. The number of nitrogens with zero attached hydrogens (tertiary/aromatic N) is 1. The summed E-state index contributed by atoms with van der Waals surface area (Å²) in [6.07, 6.45) is 1.49. The second kappa shape index (κ2) is 6.65. The molecule has 1 saturated carbocycles. The third kappa shape index (κ3) is 3.42. The summed E-state index contributed by atoms with van der Waals surface area (Å²) in [7, 11) is 0. The molecule has 2 N–H and O–H groups in total. The number of rotatable bonds is 5. The number of amides is 1. The zero-order valence-electron chi connectivity index (χ0n) is 13.1. The smallest absolute Gasteiger partial charge is 0.243 e. The first kappa shape index (κ1) is 15.3. The maximum absolute atomic E-state index is 12.2. The van der Waals surface area contributed by atoms with Crippen LogP contribution in [-0.4, -0.2) is 16.7 Å². The largest absolute Gasteiger partial charge is 0.507 e. The standard InChI is InChI=1S/C19H20N2O2/c1-2-17(14-10-6-7-11-18(14)22)20-21-19(23)16-12-15(16)13-8-4-3-5-9-13/h3-11,15-16,22H,2,12H2,1H3,(H,21,23)/b20-17+/t15-,16+/m1/s1. The lowest BCUT2D eigenvalue weighted by Crippen LogP contribution is -2.22. The minimum atomic E-state index is -0.0553. The SMILES string of the molecule is CC/C(=N\NC(=O)[C@H]1C[C@@H]1c1ccccc1)c1ccccc1O. The van der Waals surface area contributed by atoms with Gasteiger partial charge in [-0.3, -0.25) is 4.79 Å². The fraction of sp³-hybridized carbons (Fsp3) is 0.263. The Hall–Kier alpha value is -2.62. The molecule has 118 valence electrons. The highest BCUT2D eigenvalue weighted by Crippen LogP contribution is 2.47. The molecule has 1 aliphatic carbocycles. The van der Waals surface area contributed by atoms with E-state index in [1.165, 1.54) is 5.56 Å². The van der Waals surface area contributed by atoms with E-state index in [2.05, 4.69) is 22.7 Å². The predicted octanol–water partition coefficient (Wildman–Crippen LogP) is 3.43. The summed E-state index contributed by atoms with van der Waals surface area (Å²) < 4.78 is 0. The van der Waals surface area contributed by atoms with Crippen LogP contribution >= 0.6 is 0 Å². The molecule has 0 aliphatic heterocycles. The van der Waals surface area contributed by atoms with Crippen molar-refractivity contribution in [3.05, 3.63) is 65.7 Å². The summed E-state index contributed by atoms with van der Waals surface area (Å²) >= 11 is 0. The summed E-state index contributed by atoms with van der Waals surface area (Å²) in [4.78, 5) is 12.2. The van der Waals surface area contributed by atoms with E-state index in [1.807, 2.05) is 31.2 Å². The summed E-state index contributed by atoms with van der Waals surface area (Å²) in [6.45, 7) is 1.95. The van der Waals surface area contributed by atoms with E-state index in [1.54, 1.807) is 18.2 Å². The maximum Gasteiger partial charge on any atom is 0.243 e. The van der Waals surface area contributed by atoms with Crippen LogP contribution in [0.3, 0.4) is 0 Å². The van der Waals surface area contributed by atoms with Gasteiger partial charge in [0.1, 0.15) is 5.75 Å². The Morgan fingerprint density at radius 1 is 1.17 bits per heavy atom. The first-order valence-electron chi connectivity index (χ1n) is 7.90. The Morgan fingerprint density at radius 3 is 2.57 bits per heavy atom. The highest BCUT2D eigenvalue weighted by Gasteiger charge is 2.43. The lowest BCUT2D eigenvalue weighted by atomic mass is 10.1. The van der Waals surface area contributed by atoms with Gasteiger partial charge in [-0.1, -0.05) is 49.4 Å². The molecule has 1 aliphatic rings. The van der Waals surface area contributed by atoms with E-state index in [-0.39, 0.29) is 17.6 Å². The zero-order valence-corrected chi connectivity index (χ0v) is 13.1. The van der Waals surface area contributed by atoms with Gasteiger partial charge in [-0.2, -0.15) is 5.10 Å². The lowest BCUT2D eigenvalue weighted by molar-refractivity contribution is -0.122. The average Bonchev–Trinajstić information content (AvgIpc) is 3.38. The van der Waals surface area contributed by atoms with Crippen LogP contribution in [0.4, 0.5) is 0 Å². The fourth-order valence-electron chi connectivity index (χ4n) is 2.81. The van der Waals surface area contributed by atoms with Crippen LogP contribution in [0.25, 0.3) is 0 Å². The summed E-state index contributed by atoms with van der Waals surface area (Å²) in [5.74, 6) is 0.404. The van der Waals surface area contributed by atoms with E-state index >= 15 is 0 Å². The van der Waals surface area contributed by atoms with Crippen LogP contribution in [0, 0.1) is 5.92 Å². The number of hydrogen-bond donors (Lipinski definition) is 2. The van der Waals surface area contributed by atoms with Gasteiger partial charge in [0.05, 0.1) is 5.71 Å². The zero-order chi connectivity index (χ0) is 16.2. The van der Waals surface area contributed by atoms with Gasteiger partial charge in [-0.05, 0) is 36.5 Å². The van der Waals surface area contributed by atoms with Crippen molar-refractivity contribution in [3.8, 4) is 5.75 Å². The number of carbonyl (C=O) groups is 1. The van der Waals surface area contributed by atoms with E-state index in [0.717, 1.165) is 6.42 Å². The molecule has 2 atom stereocenters. The van der Waals surface area contributed by atoms with Crippen molar-refractivity contribution in [2.24, 2.45) is 11.0 Å². The van der Waals surface area contributed by atoms with E-state index in [9.17, 15) is 9.90 Å². The molecule has 1 amide bonds. The predicted molar refractivity (Wildman–Crippen MR) is 90.4 cm³/mol. The molecule has 3 rings (SSSR count). The van der Waals surface area contributed by atoms with Crippen LogP contribution in [0.1, 0.15) is 36.8 Å². The number of phenols is 1. The van der Waals surface area contributed by atoms with Gasteiger partial charge in [0.2, 0.25) is 5.91 Å². The van der Waals surface area contributed by atoms with Crippen LogP contribution in [0.2, 0.25) is 0 Å². The van der Waals surface area contributed by atoms with Gasteiger partial charge in [0.15, 0.2) is 0 Å². The third-order valence-electron chi connectivity index (χ3n) is 4.21. The lowest BCUT2D eigenvalue weighted by Gasteiger charge is -2.07. The molecule has 0 unspecified atom stereocenters. The molecule has 0 bridgehead atoms. The molecule has 23 heavy (non-hydrogen) atoms. The van der Waals surface area contributed by atoms with Gasteiger partial charge >= 0.3 is 0 Å². The molecule has 4 nitrogen and oxygen atoms in total. The Kier molecular flexibility index (Phi) is 4.42. The minimum Gasteiger partial charge on any atom is -0.507 e. The normalized spacial score (nSPS) is 20.1. The van der Waals surface area contributed by atoms with Gasteiger partial charge in [-0.25, -0.2) is 5.43 Å². The van der Waals surface area contributed by atoms with E-state index in [4.69, 9.17) is 0 Å². The molecule has 2 aromatic rings. The second-order valence-electron chi connectivity index (χ2n) is 5.76.